The summed E-state index contributed by atoms with van der Waals surface area (Å²) in [6, 6.07) is 8.77. The van der Waals surface area contributed by atoms with Crippen LogP contribution in [-0.4, -0.2) is 59.2 Å². The van der Waals surface area contributed by atoms with Crippen molar-refractivity contribution < 1.29 is 19.5 Å². The molecule has 1 aromatic heterocycles. The van der Waals surface area contributed by atoms with E-state index >= 15 is 0 Å². The van der Waals surface area contributed by atoms with Crippen LogP contribution in [0.5, 0.6) is 5.75 Å². The SMILES string of the molecule is CN(C)CC1OC(Cc2cc(-c3cccc(O)c3)on2)CCC1O. The predicted molar refractivity (Wildman–Crippen MR) is 89.8 cm³/mol. The van der Waals surface area contributed by atoms with Crippen LogP contribution in [0.3, 0.4) is 0 Å². The summed E-state index contributed by atoms with van der Waals surface area (Å²) in [5.41, 5.74) is 1.61. The van der Waals surface area contributed by atoms with E-state index in [1.807, 2.05) is 31.1 Å². The molecule has 3 rings (SSSR count). The van der Waals surface area contributed by atoms with Gasteiger partial charge in [-0.2, -0.15) is 0 Å². The topological polar surface area (TPSA) is 79.0 Å². The number of aliphatic hydroxyl groups is 1. The molecule has 6 heteroatoms. The summed E-state index contributed by atoms with van der Waals surface area (Å²) < 4.78 is 11.4. The van der Waals surface area contributed by atoms with E-state index in [9.17, 15) is 10.2 Å². The Morgan fingerprint density at radius 1 is 1.25 bits per heavy atom. The van der Waals surface area contributed by atoms with Crippen molar-refractivity contribution in [3.8, 4) is 17.1 Å². The molecular weight excluding hydrogens is 308 g/mol. The van der Waals surface area contributed by atoms with Gasteiger partial charge in [-0.3, -0.25) is 0 Å². The second-order valence-corrected chi connectivity index (χ2v) is 6.64. The zero-order chi connectivity index (χ0) is 17.1. The van der Waals surface area contributed by atoms with Gasteiger partial charge in [0.25, 0.3) is 0 Å². The molecular formula is C18H24N2O4. The van der Waals surface area contributed by atoms with E-state index < -0.39 is 6.10 Å². The van der Waals surface area contributed by atoms with Gasteiger partial charge >= 0.3 is 0 Å². The first kappa shape index (κ1) is 17.0. The number of aromatic hydroxyl groups is 1. The molecule has 0 radical (unpaired) electrons. The lowest BCUT2D eigenvalue weighted by molar-refractivity contribution is -0.122. The molecule has 3 atom stereocenters. The van der Waals surface area contributed by atoms with E-state index in [0.717, 1.165) is 24.1 Å². The van der Waals surface area contributed by atoms with E-state index in [1.54, 1.807) is 18.2 Å². The number of phenols is 1. The molecule has 1 aliphatic rings. The lowest BCUT2D eigenvalue weighted by Gasteiger charge is -2.35. The van der Waals surface area contributed by atoms with Crippen molar-refractivity contribution in [1.29, 1.82) is 0 Å². The third-order valence-electron chi connectivity index (χ3n) is 4.25. The Morgan fingerprint density at radius 3 is 2.83 bits per heavy atom. The van der Waals surface area contributed by atoms with Gasteiger partial charge < -0.3 is 24.4 Å². The van der Waals surface area contributed by atoms with E-state index in [-0.39, 0.29) is 18.0 Å². The molecule has 6 nitrogen and oxygen atoms in total. The monoisotopic (exact) mass is 332 g/mol. The van der Waals surface area contributed by atoms with E-state index in [2.05, 4.69) is 5.16 Å². The Kier molecular flexibility index (Phi) is 5.18. The Hall–Kier alpha value is -1.89. The first-order valence-electron chi connectivity index (χ1n) is 8.24. The number of phenolic OH excluding ortho intramolecular Hbond substituents is 1. The molecule has 1 saturated heterocycles. The molecule has 2 N–H and O–H groups in total. The largest absolute Gasteiger partial charge is 0.508 e. The molecule has 1 aromatic carbocycles. The van der Waals surface area contributed by atoms with Gasteiger partial charge in [0.2, 0.25) is 0 Å². The van der Waals surface area contributed by atoms with Crippen molar-refractivity contribution in [2.75, 3.05) is 20.6 Å². The number of likely N-dealkylation sites (N-methyl/N-ethyl adjacent to an activating group) is 1. The third-order valence-corrected chi connectivity index (χ3v) is 4.25. The fourth-order valence-electron chi connectivity index (χ4n) is 3.06. The highest BCUT2D eigenvalue weighted by Gasteiger charge is 2.30. The normalized spacial score (nSPS) is 24.4. The second-order valence-electron chi connectivity index (χ2n) is 6.64. The van der Waals surface area contributed by atoms with Crippen LogP contribution in [0.1, 0.15) is 18.5 Å². The summed E-state index contributed by atoms with van der Waals surface area (Å²) in [4.78, 5) is 2.02. The van der Waals surface area contributed by atoms with Crippen molar-refractivity contribution in [3.05, 3.63) is 36.0 Å². The Morgan fingerprint density at radius 2 is 2.08 bits per heavy atom. The highest BCUT2D eigenvalue weighted by atomic mass is 16.5. The van der Waals surface area contributed by atoms with Crippen LogP contribution in [0, 0.1) is 0 Å². The maximum Gasteiger partial charge on any atom is 0.167 e. The Balaban J connectivity index is 1.64. The molecule has 0 saturated carbocycles. The van der Waals surface area contributed by atoms with Gasteiger partial charge in [0.15, 0.2) is 5.76 Å². The molecule has 3 unspecified atom stereocenters. The van der Waals surface area contributed by atoms with Gasteiger partial charge in [0.1, 0.15) is 5.75 Å². The molecule has 24 heavy (non-hydrogen) atoms. The number of hydrogen-bond acceptors (Lipinski definition) is 6. The number of aromatic nitrogens is 1. The molecule has 2 aromatic rings. The summed E-state index contributed by atoms with van der Waals surface area (Å²) in [6.45, 7) is 0.699. The highest BCUT2D eigenvalue weighted by Crippen LogP contribution is 2.26. The van der Waals surface area contributed by atoms with E-state index in [4.69, 9.17) is 9.26 Å². The zero-order valence-corrected chi connectivity index (χ0v) is 14.1. The zero-order valence-electron chi connectivity index (χ0n) is 14.1. The number of benzene rings is 1. The number of ether oxygens (including phenoxy) is 1. The van der Waals surface area contributed by atoms with Gasteiger partial charge in [-0.15, -0.1) is 0 Å². The van der Waals surface area contributed by atoms with Gasteiger partial charge in [0, 0.05) is 24.6 Å². The van der Waals surface area contributed by atoms with Crippen molar-refractivity contribution in [3.63, 3.8) is 0 Å². The Bertz CT molecular complexity index is 671. The first-order chi connectivity index (χ1) is 11.5. The molecule has 1 fully saturated rings. The summed E-state index contributed by atoms with van der Waals surface area (Å²) in [6.07, 6.45) is 1.64. The maximum absolute atomic E-state index is 10.1. The molecule has 1 aliphatic heterocycles. The number of hydrogen-bond donors (Lipinski definition) is 2. The van der Waals surface area contributed by atoms with Crippen LogP contribution in [-0.2, 0) is 11.2 Å². The number of rotatable bonds is 5. The minimum Gasteiger partial charge on any atom is -0.508 e. The van der Waals surface area contributed by atoms with E-state index in [1.165, 1.54) is 0 Å². The molecule has 0 aliphatic carbocycles. The minimum atomic E-state index is -0.413. The predicted octanol–water partition coefficient (Wildman–Crippen LogP) is 2.06. The highest BCUT2D eigenvalue weighted by molar-refractivity contribution is 5.59. The van der Waals surface area contributed by atoms with Crippen LogP contribution in [0.4, 0.5) is 0 Å². The van der Waals surface area contributed by atoms with Gasteiger partial charge in [-0.05, 0) is 39.1 Å². The molecule has 2 heterocycles. The van der Waals surface area contributed by atoms with Crippen LogP contribution in [0.2, 0.25) is 0 Å². The Labute approximate surface area is 141 Å². The summed E-state index contributed by atoms with van der Waals surface area (Å²) in [5, 5.41) is 23.7. The summed E-state index contributed by atoms with van der Waals surface area (Å²) in [7, 11) is 3.94. The summed E-state index contributed by atoms with van der Waals surface area (Å²) >= 11 is 0. The van der Waals surface area contributed by atoms with Crippen molar-refractivity contribution in [2.24, 2.45) is 0 Å². The van der Waals surface area contributed by atoms with Crippen LogP contribution in [0.25, 0.3) is 11.3 Å². The lowest BCUT2D eigenvalue weighted by Crippen LogP contribution is -2.45. The van der Waals surface area contributed by atoms with Crippen LogP contribution < -0.4 is 0 Å². The lowest BCUT2D eigenvalue weighted by atomic mass is 9.98. The smallest absolute Gasteiger partial charge is 0.167 e. The summed E-state index contributed by atoms with van der Waals surface area (Å²) in [5.74, 6) is 0.822. The molecule has 0 bridgehead atoms. The fourth-order valence-corrected chi connectivity index (χ4v) is 3.06. The van der Waals surface area contributed by atoms with Gasteiger partial charge in [-0.25, -0.2) is 0 Å². The standard InChI is InChI=1S/C18H24N2O4/c1-20(2)11-18-16(22)7-6-15(23-18)9-13-10-17(24-19-13)12-4-3-5-14(21)8-12/h3-5,8,10,15-16,18,21-22H,6-7,9,11H2,1-2H3. The molecule has 0 amide bonds. The van der Waals surface area contributed by atoms with Gasteiger partial charge in [0.05, 0.1) is 24.0 Å². The minimum absolute atomic E-state index is 0.0282. The number of aliphatic hydroxyl groups excluding tert-OH is 1. The molecule has 130 valence electrons. The maximum atomic E-state index is 10.1. The van der Waals surface area contributed by atoms with Crippen LogP contribution >= 0.6 is 0 Å². The first-order valence-corrected chi connectivity index (χ1v) is 8.24. The van der Waals surface area contributed by atoms with Crippen molar-refractivity contribution in [2.45, 2.75) is 37.6 Å². The quantitative estimate of drug-likeness (QED) is 0.872. The second kappa shape index (κ2) is 7.34. The van der Waals surface area contributed by atoms with Crippen LogP contribution in [0.15, 0.2) is 34.9 Å². The van der Waals surface area contributed by atoms with Crippen molar-refractivity contribution >= 4 is 0 Å². The fraction of sp³-hybridized carbons (Fsp3) is 0.500. The van der Waals surface area contributed by atoms with Crippen molar-refractivity contribution in [1.82, 2.24) is 10.1 Å². The van der Waals surface area contributed by atoms with Gasteiger partial charge in [-0.1, -0.05) is 17.3 Å². The average Bonchev–Trinajstić information content (AvgIpc) is 2.99. The average molecular weight is 332 g/mol. The molecule has 0 spiro atoms. The van der Waals surface area contributed by atoms with E-state index in [0.29, 0.717) is 18.7 Å². The third kappa shape index (κ3) is 4.14. The number of nitrogens with zero attached hydrogens (tertiary/aromatic N) is 2.